The first-order valence-corrected chi connectivity index (χ1v) is 10.4. The van der Waals surface area contributed by atoms with Crippen molar-refractivity contribution >= 4 is 39.1 Å². The zero-order valence-electron chi connectivity index (χ0n) is 16.8. The molecule has 0 amide bonds. The fourth-order valence-electron chi connectivity index (χ4n) is 3.76. The molecule has 1 heterocycles. The lowest BCUT2D eigenvalue weighted by Gasteiger charge is -2.22. The molecule has 1 N–H and O–H groups in total. The molecule has 0 fully saturated rings. The summed E-state index contributed by atoms with van der Waals surface area (Å²) < 4.78 is 0. The number of nitrogens with one attached hydrogen (secondary N) is 1. The molecule has 0 aliphatic carbocycles. The Hall–Kier alpha value is -1.84. The third-order valence-electron chi connectivity index (χ3n) is 5.34. The van der Waals surface area contributed by atoms with Gasteiger partial charge in [-0.25, -0.2) is 4.98 Å². The molecule has 3 nitrogen and oxygen atoms in total. The van der Waals surface area contributed by atoms with Crippen molar-refractivity contribution in [3.8, 4) is 0 Å². The van der Waals surface area contributed by atoms with Crippen molar-refractivity contribution < 1.29 is 0 Å². The van der Waals surface area contributed by atoms with Crippen LogP contribution in [0.5, 0.6) is 0 Å². The average Bonchev–Trinajstić information content (AvgIpc) is 2.66. The van der Waals surface area contributed by atoms with Gasteiger partial charge in [-0.1, -0.05) is 43.6 Å². The van der Waals surface area contributed by atoms with Crippen molar-refractivity contribution in [1.29, 1.82) is 0 Å². The first-order chi connectivity index (χ1) is 13.0. The van der Waals surface area contributed by atoms with Crippen LogP contribution in [0.3, 0.4) is 0 Å². The number of benzene rings is 2. The molecule has 27 heavy (non-hydrogen) atoms. The summed E-state index contributed by atoms with van der Waals surface area (Å²) in [4.78, 5) is 7.37. The summed E-state index contributed by atoms with van der Waals surface area (Å²) in [5.41, 5.74) is 4.31. The van der Waals surface area contributed by atoms with Gasteiger partial charge in [0.25, 0.3) is 0 Å². The van der Waals surface area contributed by atoms with E-state index in [2.05, 4.69) is 56.1 Å². The van der Waals surface area contributed by atoms with Gasteiger partial charge in [-0.15, -0.1) is 0 Å². The number of hydrogen-bond donors (Lipinski definition) is 1. The standard InChI is InChI=1S/C23H30ClN3/c1-5-27(6-2)13-9-10-17(4)25-23-19-11-7-8-12-21(19)26-22-16(3)14-18(24)15-20(22)23/h7-8,11-12,14-15,17H,5-6,9-10,13H2,1-4H3,(H,25,26). The molecule has 0 saturated heterocycles. The number of aryl methyl sites for hydroxylation is 1. The number of aromatic nitrogens is 1. The minimum atomic E-state index is 0.383. The summed E-state index contributed by atoms with van der Waals surface area (Å²) in [5, 5.41) is 6.79. The topological polar surface area (TPSA) is 28.2 Å². The summed E-state index contributed by atoms with van der Waals surface area (Å²) in [5.74, 6) is 0. The van der Waals surface area contributed by atoms with Gasteiger partial charge in [-0.3, -0.25) is 0 Å². The van der Waals surface area contributed by atoms with Crippen LogP contribution in [0.2, 0.25) is 5.02 Å². The summed E-state index contributed by atoms with van der Waals surface area (Å²) in [6, 6.07) is 12.8. The van der Waals surface area contributed by atoms with Crippen LogP contribution < -0.4 is 5.32 Å². The Morgan fingerprint density at radius 1 is 1.11 bits per heavy atom. The Balaban J connectivity index is 1.91. The van der Waals surface area contributed by atoms with Crippen LogP contribution in [0.1, 0.15) is 39.2 Å². The minimum Gasteiger partial charge on any atom is -0.381 e. The van der Waals surface area contributed by atoms with E-state index in [-0.39, 0.29) is 0 Å². The molecule has 0 spiro atoms. The number of pyridine rings is 1. The fraction of sp³-hybridized carbons (Fsp3) is 0.435. The lowest BCUT2D eigenvalue weighted by Crippen LogP contribution is -2.25. The normalized spacial score (nSPS) is 12.8. The van der Waals surface area contributed by atoms with Crippen LogP contribution >= 0.6 is 11.6 Å². The van der Waals surface area contributed by atoms with Gasteiger partial charge in [-0.2, -0.15) is 0 Å². The predicted molar refractivity (Wildman–Crippen MR) is 119 cm³/mol. The Morgan fingerprint density at radius 3 is 2.59 bits per heavy atom. The van der Waals surface area contributed by atoms with Crippen LogP contribution in [0.4, 0.5) is 5.69 Å². The zero-order chi connectivity index (χ0) is 19.4. The molecule has 0 aliphatic rings. The Labute approximate surface area is 167 Å². The third kappa shape index (κ3) is 4.53. The molecule has 0 bridgehead atoms. The maximum absolute atomic E-state index is 6.37. The maximum Gasteiger partial charge on any atom is 0.0760 e. The number of halogens is 1. The molecule has 144 valence electrons. The second-order valence-corrected chi connectivity index (χ2v) is 7.77. The molecule has 4 heteroatoms. The lowest BCUT2D eigenvalue weighted by atomic mass is 10.0. The van der Waals surface area contributed by atoms with Gasteiger partial charge in [-0.05, 0) is 70.1 Å². The number of fused-ring (bicyclic) bond motifs is 2. The van der Waals surface area contributed by atoms with Crippen LogP contribution in [0.25, 0.3) is 21.8 Å². The second-order valence-electron chi connectivity index (χ2n) is 7.34. The van der Waals surface area contributed by atoms with Crippen LogP contribution in [-0.4, -0.2) is 35.6 Å². The molecule has 1 atom stereocenters. The van der Waals surface area contributed by atoms with E-state index < -0.39 is 0 Å². The van der Waals surface area contributed by atoms with E-state index in [1.165, 1.54) is 6.42 Å². The number of rotatable bonds is 8. The van der Waals surface area contributed by atoms with Crippen molar-refractivity contribution in [1.82, 2.24) is 9.88 Å². The number of anilines is 1. The molecule has 0 radical (unpaired) electrons. The molecule has 2 aromatic carbocycles. The number of nitrogens with zero attached hydrogens (tertiary/aromatic N) is 2. The minimum absolute atomic E-state index is 0.383. The molecule has 1 aromatic heterocycles. The van der Waals surface area contributed by atoms with E-state index in [0.29, 0.717) is 6.04 Å². The van der Waals surface area contributed by atoms with Gasteiger partial charge in [0.05, 0.1) is 16.7 Å². The first-order valence-electron chi connectivity index (χ1n) is 10.0. The van der Waals surface area contributed by atoms with Crippen LogP contribution in [-0.2, 0) is 0 Å². The van der Waals surface area contributed by atoms with E-state index in [0.717, 1.165) is 64.1 Å². The quantitative estimate of drug-likeness (QED) is 0.464. The van der Waals surface area contributed by atoms with Gasteiger partial charge in [0, 0.05) is 21.8 Å². The average molecular weight is 384 g/mol. The van der Waals surface area contributed by atoms with E-state index >= 15 is 0 Å². The summed E-state index contributed by atoms with van der Waals surface area (Å²) in [7, 11) is 0. The van der Waals surface area contributed by atoms with Gasteiger partial charge in [0.2, 0.25) is 0 Å². The number of hydrogen-bond acceptors (Lipinski definition) is 3. The first kappa shape index (κ1) is 19.9. The molecule has 0 saturated carbocycles. The highest BCUT2D eigenvalue weighted by Crippen LogP contribution is 2.34. The van der Waals surface area contributed by atoms with Crippen LogP contribution in [0.15, 0.2) is 36.4 Å². The summed E-state index contributed by atoms with van der Waals surface area (Å²) in [6.07, 6.45) is 2.32. The molecule has 0 aliphatic heterocycles. The Kier molecular flexibility index (Phi) is 6.56. The Morgan fingerprint density at radius 2 is 1.85 bits per heavy atom. The van der Waals surface area contributed by atoms with Crippen molar-refractivity contribution in [2.24, 2.45) is 0 Å². The smallest absolute Gasteiger partial charge is 0.0760 e. The summed E-state index contributed by atoms with van der Waals surface area (Å²) >= 11 is 6.37. The van der Waals surface area contributed by atoms with Gasteiger partial charge in [0.15, 0.2) is 0 Å². The van der Waals surface area contributed by atoms with E-state index in [4.69, 9.17) is 16.6 Å². The zero-order valence-corrected chi connectivity index (χ0v) is 17.6. The highest BCUT2D eigenvalue weighted by atomic mass is 35.5. The molecule has 3 aromatic rings. The molecule has 1 unspecified atom stereocenters. The monoisotopic (exact) mass is 383 g/mol. The molecule has 3 rings (SSSR count). The number of para-hydroxylation sites is 1. The lowest BCUT2D eigenvalue weighted by molar-refractivity contribution is 0.295. The van der Waals surface area contributed by atoms with Crippen LogP contribution in [0, 0.1) is 6.92 Å². The van der Waals surface area contributed by atoms with E-state index in [1.54, 1.807) is 0 Å². The second kappa shape index (κ2) is 8.90. The highest BCUT2D eigenvalue weighted by molar-refractivity contribution is 6.31. The largest absolute Gasteiger partial charge is 0.381 e. The van der Waals surface area contributed by atoms with Crippen molar-refractivity contribution in [2.45, 2.75) is 46.6 Å². The third-order valence-corrected chi connectivity index (χ3v) is 5.56. The SMILES string of the molecule is CCN(CC)CCCC(C)Nc1c2ccccc2nc2c(C)cc(Cl)cc12. The molecular formula is C23H30ClN3. The molecular weight excluding hydrogens is 354 g/mol. The predicted octanol–water partition coefficient (Wildman–Crippen LogP) is 6.27. The highest BCUT2D eigenvalue weighted by Gasteiger charge is 2.14. The van der Waals surface area contributed by atoms with E-state index in [1.807, 2.05) is 18.2 Å². The van der Waals surface area contributed by atoms with Gasteiger partial charge >= 0.3 is 0 Å². The van der Waals surface area contributed by atoms with Crippen molar-refractivity contribution in [2.75, 3.05) is 25.0 Å². The van der Waals surface area contributed by atoms with Crippen molar-refractivity contribution in [3.63, 3.8) is 0 Å². The van der Waals surface area contributed by atoms with Gasteiger partial charge in [0.1, 0.15) is 0 Å². The van der Waals surface area contributed by atoms with Gasteiger partial charge < -0.3 is 10.2 Å². The fourth-order valence-corrected chi connectivity index (χ4v) is 4.03. The maximum atomic E-state index is 6.37. The Bertz CT molecular complexity index is 918. The summed E-state index contributed by atoms with van der Waals surface area (Å²) in [6.45, 7) is 12.2. The van der Waals surface area contributed by atoms with E-state index in [9.17, 15) is 0 Å². The van der Waals surface area contributed by atoms with Crippen molar-refractivity contribution in [3.05, 3.63) is 47.0 Å².